The first kappa shape index (κ1) is 34.9. The lowest BCUT2D eigenvalue weighted by Gasteiger charge is -2.26. The summed E-state index contributed by atoms with van der Waals surface area (Å²) in [6.45, 7) is 0. The minimum absolute atomic E-state index is 0.847. The zero-order valence-corrected chi connectivity index (χ0v) is 33.1. The van der Waals surface area contributed by atoms with Crippen molar-refractivity contribution in [3.8, 4) is 44.5 Å². The number of para-hydroxylation sites is 3. The zero-order chi connectivity index (χ0) is 40.3. The van der Waals surface area contributed by atoms with E-state index in [0.29, 0.717) is 0 Å². The van der Waals surface area contributed by atoms with Crippen molar-refractivity contribution in [3.05, 3.63) is 224 Å². The lowest BCUT2D eigenvalue weighted by atomic mass is 9.98. The van der Waals surface area contributed by atoms with E-state index < -0.39 is 0 Å². The molecule has 2 aromatic heterocycles. The van der Waals surface area contributed by atoms with E-state index in [-0.39, 0.29) is 0 Å². The summed E-state index contributed by atoms with van der Waals surface area (Å²) < 4.78 is 13.1. The second-order valence-electron chi connectivity index (χ2n) is 15.6. The normalized spacial score (nSPS) is 11.6. The number of hydrogen-bond donors (Lipinski definition) is 0. The Morgan fingerprint density at radius 1 is 0.279 bits per heavy atom. The molecular formula is C58H37NO2. The summed E-state index contributed by atoms with van der Waals surface area (Å²) in [7, 11) is 0. The van der Waals surface area contributed by atoms with Crippen molar-refractivity contribution in [1.29, 1.82) is 0 Å². The summed E-state index contributed by atoms with van der Waals surface area (Å²) >= 11 is 0. The first-order chi connectivity index (χ1) is 30.2. The van der Waals surface area contributed by atoms with Crippen LogP contribution in [-0.2, 0) is 0 Å². The van der Waals surface area contributed by atoms with E-state index in [9.17, 15) is 0 Å². The predicted octanol–water partition coefficient (Wildman–Crippen LogP) is 16.8. The molecule has 12 aromatic rings. The summed E-state index contributed by atoms with van der Waals surface area (Å²) in [6, 6.07) is 79.8. The van der Waals surface area contributed by atoms with Crippen molar-refractivity contribution in [3.63, 3.8) is 0 Å². The molecule has 0 N–H and O–H groups in total. The maximum absolute atomic E-state index is 6.97. The quantitative estimate of drug-likeness (QED) is 0.161. The number of nitrogens with zero attached hydrogens (tertiary/aromatic N) is 1. The van der Waals surface area contributed by atoms with Crippen molar-refractivity contribution in [2.45, 2.75) is 0 Å². The third-order valence-electron chi connectivity index (χ3n) is 12.1. The van der Waals surface area contributed by atoms with Gasteiger partial charge in [-0.05, 0) is 98.2 Å². The Balaban J connectivity index is 0.943. The molecule has 0 bridgehead atoms. The van der Waals surface area contributed by atoms with E-state index in [0.717, 1.165) is 83.2 Å². The molecule has 0 saturated heterocycles. The summed E-state index contributed by atoms with van der Waals surface area (Å²) in [4.78, 5) is 2.32. The monoisotopic (exact) mass is 779 g/mol. The van der Waals surface area contributed by atoms with E-state index in [1.807, 2.05) is 12.1 Å². The fraction of sp³-hybridized carbons (Fsp3) is 0. The highest BCUT2D eigenvalue weighted by atomic mass is 16.3. The first-order valence-corrected chi connectivity index (χ1v) is 20.7. The van der Waals surface area contributed by atoms with E-state index in [4.69, 9.17) is 8.83 Å². The summed E-state index contributed by atoms with van der Waals surface area (Å²) in [6.07, 6.45) is 0. The van der Waals surface area contributed by atoms with Gasteiger partial charge in [-0.2, -0.15) is 0 Å². The summed E-state index contributed by atoms with van der Waals surface area (Å²) in [5.41, 5.74) is 15.8. The minimum Gasteiger partial charge on any atom is -0.456 e. The second kappa shape index (κ2) is 14.3. The predicted molar refractivity (Wildman–Crippen MR) is 255 cm³/mol. The van der Waals surface area contributed by atoms with E-state index in [1.165, 1.54) is 33.0 Å². The van der Waals surface area contributed by atoms with Gasteiger partial charge in [-0.1, -0.05) is 176 Å². The van der Waals surface area contributed by atoms with Gasteiger partial charge in [-0.25, -0.2) is 0 Å². The van der Waals surface area contributed by atoms with Crippen LogP contribution in [0.4, 0.5) is 17.1 Å². The third-order valence-corrected chi connectivity index (χ3v) is 12.1. The Hall–Kier alpha value is -8.14. The highest BCUT2D eigenvalue weighted by Gasteiger charge is 2.21. The van der Waals surface area contributed by atoms with Crippen molar-refractivity contribution >= 4 is 71.7 Å². The molecular weight excluding hydrogens is 743 g/mol. The smallest absolute Gasteiger partial charge is 0.159 e. The van der Waals surface area contributed by atoms with E-state index in [1.54, 1.807) is 0 Å². The second-order valence-corrected chi connectivity index (χ2v) is 15.6. The lowest BCUT2D eigenvalue weighted by Crippen LogP contribution is -2.10. The number of hydrogen-bond acceptors (Lipinski definition) is 3. The summed E-state index contributed by atoms with van der Waals surface area (Å²) in [5.74, 6) is 0. The molecule has 0 radical (unpaired) electrons. The van der Waals surface area contributed by atoms with Gasteiger partial charge in [0.05, 0.1) is 5.69 Å². The fourth-order valence-corrected chi connectivity index (χ4v) is 9.08. The molecule has 0 unspecified atom stereocenters. The van der Waals surface area contributed by atoms with Gasteiger partial charge in [0.2, 0.25) is 0 Å². The van der Waals surface area contributed by atoms with Crippen LogP contribution in [0.2, 0.25) is 0 Å². The maximum Gasteiger partial charge on any atom is 0.159 e. The topological polar surface area (TPSA) is 29.5 Å². The van der Waals surface area contributed by atoms with Crippen LogP contribution in [0.25, 0.3) is 99.2 Å². The SMILES string of the molecule is c1ccc(-c2cccc3c2oc2c(N(c4ccc(-c5ccc(-c6ccc7oc8ccccc8c7c6)cc5)cc4)c4ccc(-c5cccc6ccccc56)cc4)cccc23)cc1. The van der Waals surface area contributed by atoms with Crippen molar-refractivity contribution < 1.29 is 8.83 Å². The van der Waals surface area contributed by atoms with Crippen LogP contribution in [-0.4, -0.2) is 0 Å². The van der Waals surface area contributed by atoms with Crippen LogP contribution in [0.3, 0.4) is 0 Å². The molecule has 0 fully saturated rings. The van der Waals surface area contributed by atoms with Gasteiger partial charge in [0.15, 0.2) is 5.58 Å². The highest BCUT2D eigenvalue weighted by Crippen LogP contribution is 2.45. The molecule has 0 aliphatic rings. The molecule has 0 saturated carbocycles. The number of anilines is 3. The Bertz CT molecular complexity index is 3560. The van der Waals surface area contributed by atoms with Gasteiger partial charge in [-0.15, -0.1) is 0 Å². The molecule has 12 rings (SSSR count). The number of rotatable bonds is 7. The van der Waals surface area contributed by atoms with Gasteiger partial charge in [-0.3, -0.25) is 0 Å². The molecule has 0 atom stereocenters. The van der Waals surface area contributed by atoms with Gasteiger partial charge in [0.25, 0.3) is 0 Å². The molecule has 0 spiro atoms. The van der Waals surface area contributed by atoms with E-state index >= 15 is 0 Å². The number of benzene rings is 10. The molecule has 2 heterocycles. The van der Waals surface area contributed by atoms with Gasteiger partial charge < -0.3 is 13.7 Å². The largest absolute Gasteiger partial charge is 0.456 e. The average molecular weight is 780 g/mol. The van der Waals surface area contributed by atoms with Gasteiger partial charge in [0, 0.05) is 38.5 Å². The fourth-order valence-electron chi connectivity index (χ4n) is 9.08. The molecule has 0 aliphatic heterocycles. The van der Waals surface area contributed by atoms with Crippen LogP contribution in [0.5, 0.6) is 0 Å². The molecule has 286 valence electrons. The molecule has 3 heteroatoms. The van der Waals surface area contributed by atoms with Crippen molar-refractivity contribution in [2.75, 3.05) is 4.90 Å². The zero-order valence-electron chi connectivity index (χ0n) is 33.1. The van der Waals surface area contributed by atoms with Gasteiger partial charge in [0.1, 0.15) is 16.7 Å². The van der Waals surface area contributed by atoms with Crippen LogP contribution in [0, 0.1) is 0 Å². The Kier molecular flexibility index (Phi) is 8.17. The highest BCUT2D eigenvalue weighted by molar-refractivity contribution is 6.13. The van der Waals surface area contributed by atoms with Crippen LogP contribution in [0.1, 0.15) is 0 Å². The third kappa shape index (κ3) is 5.98. The van der Waals surface area contributed by atoms with Crippen LogP contribution >= 0.6 is 0 Å². The van der Waals surface area contributed by atoms with E-state index in [2.05, 4.69) is 217 Å². The lowest BCUT2D eigenvalue weighted by molar-refractivity contribution is 0.669. The van der Waals surface area contributed by atoms with Crippen LogP contribution < -0.4 is 4.90 Å². The Labute approximate surface area is 353 Å². The molecule has 61 heavy (non-hydrogen) atoms. The summed E-state index contributed by atoms with van der Waals surface area (Å²) in [5, 5.41) is 6.93. The van der Waals surface area contributed by atoms with Gasteiger partial charge >= 0.3 is 0 Å². The standard InChI is InChI=1S/C58H37NO2/c1-2-11-42(12-3-1)49-18-9-19-51-52-20-10-21-54(58(52)61-57(49)51)59(46-34-29-43(30-35-46)48-17-8-14-41-13-4-5-15-47(41)48)45-32-27-39(28-33-45)38-23-25-40(26-24-38)44-31-36-56-53(37-44)50-16-6-7-22-55(50)60-56/h1-37H. The Morgan fingerprint density at radius 3 is 1.56 bits per heavy atom. The number of fused-ring (bicyclic) bond motifs is 7. The molecule has 0 amide bonds. The number of furan rings is 2. The average Bonchev–Trinajstić information content (AvgIpc) is 3.91. The molecule has 0 aliphatic carbocycles. The maximum atomic E-state index is 6.97. The molecule has 10 aromatic carbocycles. The van der Waals surface area contributed by atoms with Crippen LogP contribution in [0.15, 0.2) is 233 Å². The van der Waals surface area contributed by atoms with Crippen molar-refractivity contribution in [2.24, 2.45) is 0 Å². The molecule has 3 nitrogen and oxygen atoms in total. The van der Waals surface area contributed by atoms with Crippen molar-refractivity contribution in [1.82, 2.24) is 0 Å². The first-order valence-electron chi connectivity index (χ1n) is 20.7. The Morgan fingerprint density at radius 2 is 0.787 bits per heavy atom. The minimum atomic E-state index is 0.847.